The van der Waals surface area contributed by atoms with Gasteiger partial charge < -0.3 is 5.73 Å². The summed E-state index contributed by atoms with van der Waals surface area (Å²) in [5, 5.41) is 10.1. The van der Waals surface area contributed by atoms with Crippen LogP contribution in [0.15, 0.2) is 23.5 Å². The van der Waals surface area contributed by atoms with Crippen LogP contribution in [0.2, 0.25) is 0 Å². The van der Waals surface area contributed by atoms with Gasteiger partial charge >= 0.3 is 0 Å². The van der Waals surface area contributed by atoms with Crippen LogP contribution in [0.5, 0.6) is 0 Å². The van der Waals surface area contributed by atoms with Crippen LogP contribution in [-0.2, 0) is 4.79 Å². The number of nitrogens with zero attached hydrogens (tertiary/aromatic N) is 1. The molecule has 0 fully saturated rings. The first-order valence-corrected chi connectivity index (χ1v) is 2.96. The van der Waals surface area contributed by atoms with Gasteiger partial charge in [0.1, 0.15) is 0 Å². The Morgan fingerprint density at radius 1 is 1.64 bits per heavy atom. The lowest BCUT2D eigenvalue weighted by molar-refractivity contribution is -0.419. The van der Waals surface area contributed by atoms with Crippen molar-refractivity contribution in [3.8, 4) is 0 Å². The highest BCUT2D eigenvalue weighted by atomic mass is 16.6. The van der Waals surface area contributed by atoms with Crippen LogP contribution >= 0.6 is 0 Å². The Kier molecular flexibility index (Phi) is 1.72. The van der Waals surface area contributed by atoms with Gasteiger partial charge in [-0.3, -0.25) is 14.9 Å². The van der Waals surface area contributed by atoms with Gasteiger partial charge in [-0.1, -0.05) is 0 Å². The summed E-state index contributed by atoms with van der Waals surface area (Å²) in [5.74, 6) is -0.268. The number of nitro groups is 1. The van der Waals surface area contributed by atoms with Crippen molar-refractivity contribution in [3.63, 3.8) is 0 Å². The third-order valence-electron chi connectivity index (χ3n) is 1.33. The molecule has 2 N–H and O–H groups in total. The molecular formula is C6H6N2O3. The van der Waals surface area contributed by atoms with E-state index in [0.717, 1.165) is 6.08 Å². The first-order chi connectivity index (χ1) is 5.11. The second-order valence-corrected chi connectivity index (χ2v) is 2.11. The molecule has 0 spiro atoms. The fourth-order valence-electron chi connectivity index (χ4n) is 0.741. The summed E-state index contributed by atoms with van der Waals surface area (Å²) < 4.78 is 0. The van der Waals surface area contributed by atoms with Gasteiger partial charge in [-0.2, -0.15) is 0 Å². The van der Waals surface area contributed by atoms with Gasteiger partial charge in [0, 0.05) is 18.6 Å². The van der Waals surface area contributed by atoms with E-state index < -0.39 is 4.92 Å². The molecule has 11 heavy (non-hydrogen) atoms. The summed E-state index contributed by atoms with van der Waals surface area (Å²) in [7, 11) is 0. The van der Waals surface area contributed by atoms with Crippen LogP contribution < -0.4 is 5.73 Å². The van der Waals surface area contributed by atoms with E-state index in [4.69, 9.17) is 5.73 Å². The zero-order chi connectivity index (χ0) is 8.43. The number of hydrogen-bond donors (Lipinski definition) is 1. The van der Waals surface area contributed by atoms with Gasteiger partial charge in [-0.05, 0) is 0 Å². The van der Waals surface area contributed by atoms with Gasteiger partial charge in [0.2, 0.25) is 0 Å². The highest BCUT2D eigenvalue weighted by Gasteiger charge is 2.17. The summed E-state index contributed by atoms with van der Waals surface area (Å²) in [6.45, 7) is 0. The molecule has 0 amide bonds. The van der Waals surface area contributed by atoms with Crippen molar-refractivity contribution in [3.05, 3.63) is 33.7 Å². The van der Waals surface area contributed by atoms with Crippen molar-refractivity contribution in [1.82, 2.24) is 0 Å². The maximum absolute atomic E-state index is 10.7. The van der Waals surface area contributed by atoms with Gasteiger partial charge in [0.15, 0.2) is 5.78 Å². The molecule has 0 atom stereocenters. The molecule has 0 aromatic rings. The van der Waals surface area contributed by atoms with Crippen molar-refractivity contribution in [1.29, 1.82) is 0 Å². The maximum atomic E-state index is 10.7. The number of hydrogen-bond acceptors (Lipinski definition) is 4. The van der Waals surface area contributed by atoms with Crippen LogP contribution in [0.25, 0.3) is 0 Å². The van der Waals surface area contributed by atoms with E-state index >= 15 is 0 Å². The molecule has 0 aromatic carbocycles. The van der Waals surface area contributed by atoms with E-state index in [-0.39, 0.29) is 23.6 Å². The summed E-state index contributed by atoms with van der Waals surface area (Å²) in [6.07, 6.45) is 2.35. The third-order valence-corrected chi connectivity index (χ3v) is 1.33. The topological polar surface area (TPSA) is 86.2 Å². The number of Topliss-reactive ketones (excluding diaryl/α,β-unsaturated/α-hetero) is 1. The highest BCUT2D eigenvalue weighted by Crippen LogP contribution is 2.10. The minimum atomic E-state index is -0.570. The Hall–Kier alpha value is -1.65. The first-order valence-electron chi connectivity index (χ1n) is 2.96. The molecule has 1 aliphatic carbocycles. The number of allylic oxidation sites excluding steroid dienone is 3. The SMILES string of the molecule is NC1=CC([N+](=O)[O-])=CCC1=O. The van der Waals surface area contributed by atoms with Gasteiger partial charge in [0.05, 0.1) is 10.6 Å². The number of rotatable bonds is 1. The minimum absolute atomic E-state index is 0.0264. The van der Waals surface area contributed by atoms with E-state index in [1.54, 1.807) is 0 Å². The monoisotopic (exact) mass is 154 g/mol. The Bertz CT molecular complexity index is 278. The number of carbonyl (C=O) groups excluding carboxylic acids is 1. The quantitative estimate of drug-likeness (QED) is 0.424. The lowest BCUT2D eigenvalue weighted by atomic mass is 10.1. The highest BCUT2D eigenvalue weighted by molar-refractivity contribution is 5.96. The average molecular weight is 154 g/mol. The first kappa shape index (κ1) is 7.46. The van der Waals surface area contributed by atoms with E-state index in [9.17, 15) is 14.9 Å². The van der Waals surface area contributed by atoms with Gasteiger partial charge in [-0.15, -0.1) is 0 Å². The van der Waals surface area contributed by atoms with Crippen molar-refractivity contribution < 1.29 is 9.72 Å². The van der Waals surface area contributed by atoms with E-state index in [1.165, 1.54) is 6.08 Å². The van der Waals surface area contributed by atoms with Crippen molar-refractivity contribution in [2.45, 2.75) is 6.42 Å². The number of ketones is 1. The largest absolute Gasteiger partial charge is 0.396 e. The molecule has 0 radical (unpaired) electrons. The van der Waals surface area contributed by atoms with Gasteiger partial charge in [-0.25, -0.2) is 0 Å². The lowest BCUT2D eigenvalue weighted by Crippen LogP contribution is -2.15. The molecule has 0 saturated heterocycles. The standard InChI is InChI=1S/C6H6N2O3/c7-5-3-4(8(10)11)1-2-6(5)9/h1,3H,2,7H2. The van der Waals surface area contributed by atoms with Gasteiger partial charge in [0.25, 0.3) is 5.70 Å². The van der Waals surface area contributed by atoms with E-state index in [2.05, 4.69) is 0 Å². The molecule has 0 aromatic heterocycles. The molecule has 0 aliphatic heterocycles. The second kappa shape index (κ2) is 2.53. The third kappa shape index (κ3) is 1.43. The smallest absolute Gasteiger partial charge is 0.268 e. The molecule has 0 saturated carbocycles. The van der Waals surface area contributed by atoms with Crippen LogP contribution in [-0.4, -0.2) is 10.7 Å². The molecular weight excluding hydrogens is 148 g/mol. The molecule has 0 heterocycles. The molecule has 5 heteroatoms. The van der Waals surface area contributed by atoms with Crippen LogP contribution in [0.1, 0.15) is 6.42 Å². The zero-order valence-electron chi connectivity index (χ0n) is 5.61. The average Bonchev–Trinajstić information content (AvgIpc) is 1.94. The van der Waals surface area contributed by atoms with Crippen LogP contribution in [0, 0.1) is 10.1 Å². The summed E-state index contributed by atoms with van der Waals surface area (Å²) in [5.41, 5.74) is 5.02. The van der Waals surface area contributed by atoms with E-state index in [1.807, 2.05) is 0 Å². The minimum Gasteiger partial charge on any atom is -0.396 e. The van der Waals surface area contributed by atoms with Crippen molar-refractivity contribution in [2.75, 3.05) is 0 Å². The number of nitrogens with two attached hydrogens (primary N) is 1. The fraction of sp³-hybridized carbons (Fsp3) is 0.167. The Balaban J connectivity index is 2.91. The Labute approximate surface area is 62.3 Å². The summed E-state index contributed by atoms with van der Waals surface area (Å²) in [6, 6.07) is 0. The molecule has 0 bridgehead atoms. The summed E-state index contributed by atoms with van der Waals surface area (Å²) >= 11 is 0. The van der Waals surface area contributed by atoms with Crippen molar-refractivity contribution >= 4 is 5.78 Å². The van der Waals surface area contributed by atoms with Crippen molar-refractivity contribution in [2.24, 2.45) is 5.73 Å². The van der Waals surface area contributed by atoms with Crippen LogP contribution in [0.4, 0.5) is 0 Å². The van der Waals surface area contributed by atoms with Crippen LogP contribution in [0.3, 0.4) is 0 Å². The molecule has 58 valence electrons. The predicted octanol–water partition coefficient (Wildman–Crippen LogP) is -0.0376. The molecule has 0 unspecified atom stereocenters. The Morgan fingerprint density at radius 3 is 2.73 bits per heavy atom. The Morgan fingerprint density at radius 2 is 2.27 bits per heavy atom. The normalized spacial score (nSPS) is 17.3. The summed E-state index contributed by atoms with van der Waals surface area (Å²) in [4.78, 5) is 20.3. The second-order valence-electron chi connectivity index (χ2n) is 2.11. The molecule has 5 nitrogen and oxygen atoms in total. The van der Waals surface area contributed by atoms with E-state index in [0.29, 0.717) is 0 Å². The predicted molar refractivity (Wildman–Crippen MR) is 37.0 cm³/mol. The molecule has 1 aliphatic rings. The maximum Gasteiger partial charge on any atom is 0.268 e. The zero-order valence-corrected chi connectivity index (χ0v) is 5.61. The lowest BCUT2D eigenvalue weighted by Gasteiger charge is -2.01. The molecule has 1 rings (SSSR count). The number of carbonyl (C=O) groups is 1. The fourth-order valence-corrected chi connectivity index (χ4v) is 0.741.